The van der Waals surface area contributed by atoms with Crippen LogP contribution in [0.4, 0.5) is 11.4 Å². The zero-order chi connectivity index (χ0) is 22.9. The Morgan fingerprint density at radius 1 is 0.818 bits per heavy atom. The number of hydrogen-bond acceptors (Lipinski definition) is 4. The molecule has 0 spiro atoms. The number of hydrogen-bond donors (Lipinski definition) is 2. The Kier molecular flexibility index (Phi) is 4.71. The van der Waals surface area contributed by atoms with Gasteiger partial charge < -0.3 is 10.6 Å². The Labute approximate surface area is 193 Å². The van der Waals surface area contributed by atoms with Crippen LogP contribution in [0.3, 0.4) is 0 Å². The zero-order valence-electron chi connectivity index (χ0n) is 18.7. The van der Waals surface area contributed by atoms with E-state index in [1.807, 2.05) is 0 Å². The lowest BCUT2D eigenvalue weighted by Crippen LogP contribution is -2.44. The zero-order valence-corrected chi connectivity index (χ0v) is 18.7. The van der Waals surface area contributed by atoms with Crippen LogP contribution in [0.2, 0.25) is 0 Å². The van der Waals surface area contributed by atoms with Crippen molar-refractivity contribution in [2.75, 3.05) is 10.6 Å². The molecule has 1 aromatic rings. The molecule has 5 aliphatic carbocycles. The average molecular weight is 448 g/mol. The molecule has 3 saturated carbocycles. The number of amides is 4. The van der Waals surface area contributed by atoms with E-state index in [-0.39, 0.29) is 59.3 Å². The van der Waals surface area contributed by atoms with Crippen molar-refractivity contribution in [3.8, 4) is 0 Å². The lowest BCUT2D eigenvalue weighted by atomic mass is 9.63. The summed E-state index contributed by atoms with van der Waals surface area (Å²) in [7, 11) is 0. The number of likely N-dealkylation sites (tertiary alicyclic amines) is 1. The predicted molar refractivity (Wildman–Crippen MR) is 122 cm³/mol. The topological polar surface area (TPSA) is 95.6 Å². The minimum Gasteiger partial charge on any atom is -0.326 e. The quantitative estimate of drug-likeness (QED) is 0.547. The van der Waals surface area contributed by atoms with Crippen LogP contribution in [0, 0.1) is 41.4 Å². The fourth-order valence-corrected chi connectivity index (χ4v) is 7.02. The number of allylic oxidation sites excluding steroid dienone is 2. The molecule has 2 bridgehead atoms. The maximum Gasteiger partial charge on any atom is 0.233 e. The first-order chi connectivity index (χ1) is 15.9. The number of carbonyl (C=O) groups excluding carboxylic acids is 4. The van der Waals surface area contributed by atoms with E-state index >= 15 is 0 Å². The highest BCUT2D eigenvalue weighted by Gasteiger charge is 2.67. The number of rotatable bonds is 4. The lowest BCUT2D eigenvalue weighted by molar-refractivity contribution is -0.144. The Hall–Kier alpha value is -2.96. The van der Waals surface area contributed by atoms with E-state index in [0.29, 0.717) is 48.9 Å². The summed E-state index contributed by atoms with van der Waals surface area (Å²) in [5, 5.41) is 5.66. The predicted octanol–water partition coefficient (Wildman–Crippen LogP) is 3.20. The number of benzene rings is 1. The Morgan fingerprint density at radius 2 is 1.33 bits per heavy atom. The largest absolute Gasteiger partial charge is 0.326 e. The number of carbonyl (C=O) groups is 4. The van der Waals surface area contributed by atoms with E-state index in [2.05, 4.69) is 22.8 Å². The second kappa shape index (κ2) is 7.54. The minimum atomic E-state index is -0.141. The fourth-order valence-electron chi connectivity index (χ4n) is 7.02. The van der Waals surface area contributed by atoms with Crippen molar-refractivity contribution in [2.24, 2.45) is 41.4 Å². The number of imide groups is 1. The van der Waals surface area contributed by atoms with Gasteiger partial charge in [-0.1, -0.05) is 12.2 Å². The van der Waals surface area contributed by atoms with Gasteiger partial charge in [0.05, 0.1) is 11.8 Å². The van der Waals surface area contributed by atoms with Crippen LogP contribution in [0.5, 0.6) is 0 Å². The van der Waals surface area contributed by atoms with Crippen molar-refractivity contribution in [1.82, 2.24) is 4.90 Å². The van der Waals surface area contributed by atoms with E-state index in [1.54, 1.807) is 29.2 Å². The molecular weight excluding hydrogens is 418 g/mol. The normalized spacial score (nSPS) is 38.0. The highest BCUT2D eigenvalue weighted by atomic mass is 16.2. The fraction of sp³-hybridized carbons (Fsp3) is 0.538. The van der Waals surface area contributed by atoms with Crippen LogP contribution in [-0.2, 0) is 19.2 Å². The molecule has 4 fully saturated rings. The third-order valence-electron chi connectivity index (χ3n) is 8.60. The maximum atomic E-state index is 13.3. The van der Waals surface area contributed by atoms with Crippen molar-refractivity contribution in [3.05, 3.63) is 36.4 Å². The summed E-state index contributed by atoms with van der Waals surface area (Å²) in [6.07, 6.45) is 8.30. The first-order valence-corrected chi connectivity index (χ1v) is 12.2. The second-order valence-electron chi connectivity index (χ2n) is 10.5. The summed E-state index contributed by atoms with van der Waals surface area (Å²) >= 11 is 0. The molecule has 7 rings (SSSR count). The van der Waals surface area contributed by atoms with Crippen molar-refractivity contribution >= 4 is 35.0 Å². The molecule has 1 aromatic carbocycles. The van der Waals surface area contributed by atoms with Crippen LogP contribution in [0.15, 0.2) is 36.4 Å². The smallest absolute Gasteiger partial charge is 0.233 e. The number of anilines is 2. The summed E-state index contributed by atoms with van der Waals surface area (Å²) in [5.74, 6) is 1.25. The summed E-state index contributed by atoms with van der Waals surface area (Å²) < 4.78 is 0. The molecule has 172 valence electrons. The SMILES string of the molecule is CC(=O)Nc1ccc(NC(=O)C2CCC(N3C(=O)[C@@H]4[C@H]5C=C[C@@H]([C@@H]6C[C@@H]56)[C@@H]4C3=O)CC2)cc1. The van der Waals surface area contributed by atoms with Crippen LogP contribution >= 0.6 is 0 Å². The summed E-state index contributed by atoms with van der Waals surface area (Å²) in [4.78, 5) is 52.2. The van der Waals surface area contributed by atoms with Crippen molar-refractivity contribution in [1.29, 1.82) is 0 Å². The van der Waals surface area contributed by atoms with E-state index < -0.39 is 0 Å². The third-order valence-corrected chi connectivity index (χ3v) is 8.60. The van der Waals surface area contributed by atoms with Crippen molar-refractivity contribution < 1.29 is 19.2 Å². The molecule has 6 atom stereocenters. The molecule has 2 N–H and O–H groups in total. The second-order valence-corrected chi connectivity index (χ2v) is 10.5. The van der Waals surface area contributed by atoms with Gasteiger partial charge in [-0.05, 0) is 80.0 Å². The summed E-state index contributed by atoms with van der Waals surface area (Å²) in [6.45, 7) is 1.45. The van der Waals surface area contributed by atoms with Gasteiger partial charge in [-0.3, -0.25) is 24.1 Å². The molecule has 0 aromatic heterocycles. The minimum absolute atomic E-state index is 0.0317. The van der Waals surface area contributed by atoms with Crippen molar-refractivity contribution in [2.45, 2.75) is 45.1 Å². The van der Waals surface area contributed by atoms with Gasteiger partial charge in [0, 0.05) is 30.3 Å². The Bertz CT molecular complexity index is 1020. The summed E-state index contributed by atoms with van der Waals surface area (Å²) in [6, 6.07) is 6.97. The molecule has 1 heterocycles. The highest BCUT2D eigenvalue weighted by molar-refractivity contribution is 6.06. The van der Waals surface area contributed by atoms with Crippen LogP contribution in [0.1, 0.15) is 39.0 Å². The van der Waals surface area contributed by atoms with Gasteiger partial charge >= 0.3 is 0 Å². The number of nitrogens with one attached hydrogen (secondary N) is 2. The van der Waals surface area contributed by atoms with Gasteiger partial charge in [0.25, 0.3) is 0 Å². The Morgan fingerprint density at radius 3 is 1.85 bits per heavy atom. The summed E-state index contributed by atoms with van der Waals surface area (Å²) in [5.41, 5.74) is 1.37. The van der Waals surface area contributed by atoms with Gasteiger partial charge in [-0.15, -0.1) is 0 Å². The molecule has 0 unspecified atom stereocenters. The molecule has 4 amide bonds. The molecule has 0 radical (unpaired) electrons. The Balaban J connectivity index is 1.06. The van der Waals surface area contributed by atoms with Crippen molar-refractivity contribution in [3.63, 3.8) is 0 Å². The molecule has 7 heteroatoms. The monoisotopic (exact) mass is 447 g/mol. The van der Waals surface area contributed by atoms with E-state index in [4.69, 9.17) is 0 Å². The highest BCUT2D eigenvalue weighted by Crippen LogP contribution is 2.65. The first kappa shape index (κ1) is 20.6. The standard InChI is InChI=1S/C26H29N3O4/c1-13(30)27-15-4-6-16(7-5-15)28-24(31)14-2-8-17(9-3-14)29-25(32)22-18-10-11-19(21-12-20(18)21)23(22)26(29)33/h4-7,10-11,14,17-23H,2-3,8-9,12H2,1H3,(H,27,30)(H,28,31)/t14?,17?,18-,19-,20-,21-,22-,23+/m0/s1. The van der Waals surface area contributed by atoms with Crippen LogP contribution < -0.4 is 10.6 Å². The van der Waals surface area contributed by atoms with E-state index in [1.165, 1.54) is 13.3 Å². The third kappa shape index (κ3) is 3.31. The molecular formula is C26H29N3O4. The maximum absolute atomic E-state index is 13.3. The van der Waals surface area contributed by atoms with Gasteiger partial charge in [0.15, 0.2) is 0 Å². The molecule has 1 aliphatic heterocycles. The van der Waals surface area contributed by atoms with Crippen LogP contribution in [-0.4, -0.2) is 34.6 Å². The lowest BCUT2D eigenvalue weighted by Gasteiger charge is -2.37. The van der Waals surface area contributed by atoms with Gasteiger partial charge in [-0.2, -0.15) is 0 Å². The molecule has 7 nitrogen and oxygen atoms in total. The average Bonchev–Trinajstić information content (AvgIpc) is 3.58. The van der Waals surface area contributed by atoms with E-state index in [0.717, 1.165) is 0 Å². The molecule has 1 saturated heterocycles. The van der Waals surface area contributed by atoms with Gasteiger partial charge in [-0.25, -0.2) is 0 Å². The van der Waals surface area contributed by atoms with Gasteiger partial charge in [0.2, 0.25) is 23.6 Å². The van der Waals surface area contributed by atoms with Crippen LogP contribution in [0.25, 0.3) is 0 Å². The first-order valence-electron chi connectivity index (χ1n) is 12.2. The van der Waals surface area contributed by atoms with Gasteiger partial charge in [0.1, 0.15) is 0 Å². The molecule has 33 heavy (non-hydrogen) atoms. The van der Waals surface area contributed by atoms with E-state index in [9.17, 15) is 19.2 Å². The molecule has 6 aliphatic rings. The number of nitrogens with zero attached hydrogens (tertiary/aromatic N) is 1.